The van der Waals surface area contributed by atoms with Crippen LogP contribution in [0.5, 0.6) is 0 Å². The molecule has 45 heavy (non-hydrogen) atoms. The predicted octanol–water partition coefficient (Wildman–Crippen LogP) is 8.14. The minimum absolute atomic E-state index is 0.0875. The fourth-order valence-electron chi connectivity index (χ4n) is 3.89. The monoisotopic (exact) mass is 652 g/mol. The Balaban J connectivity index is 4.32. The summed E-state index contributed by atoms with van der Waals surface area (Å²) in [6.45, 7) is 3.27. The van der Waals surface area contributed by atoms with Crippen LogP contribution < -0.4 is 0 Å². The normalized spacial score (nSPS) is 14.2. The van der Waals surface area contributed by atoms with Crippen LogP contribution in [0, 0.1) is 0 Å². The second-order valence-corrected chi connectivity index (χ2v) is 11.8. The maximum Gasteiger partial charge on any atom is 0.469 e. The standard InChI is InChI=1S/C35H57O9P/c1-3-5-7-9-11-12-13-14-15-16-17-18-19-21-22-24-26-32(36)28-29-35(38)44-33(31-43-45(39,40)41)30-42-34(37)27-25-23-20-10-8-6-4-2/h5,7,11-12,14-15,17-18,21-22,24,26,32-33,36H,3-4,6,8-10,13,16,19-20,23,25,27-31H2,1-2H3,(H2,39,40,41)/b7-5-,12-11-,15-14-,18-17-,22-21-,26-24-/t32?,33-/m1/s1. The zero-order valence-corrected chi connectivity index (χ0v) is 28.2. The number of carbonyl (C=O) groups is 2. The first kappa shape index (κ1) is 42.5. The van der Waals surface area contributed by atoms with Gasteiger partial charge in [-0.15, -0.1) is 0 Å². The van der Waals surface area contributed by atoms with Crippen LogP contribution in [0.4, 0.5) is 0 Å². The molecule has 0 aromatic carbocycles. The molecule has 0 bridgehead atoms. The van der Waals surface area contributed by atoms with Crippen LogP contribution >= 0.6 is 7.82 Å². The number of hydrogen-bond acceptors (Lipinski definition) is 7. The highest BCUT2D eigenvalue weighted by Gasteiger charge is 2.23. The van der Waals surface area contributed by atoms with Gasteiger partial charge in [-0.25, -0.2) is 4.57 Å². The van der Waals surface area contributed by atoms with Crippen molar-refractivity contribution in [3.63, 3.8) is 0 Å². The molecule has 0 spiro atoms. The molecule has 0 aromatic rings. The van der Waals surface area contributed by atoms with E-state index in [1.54, 1.807) is 12.2 Å². The summed E-state index contributed by atoms with van der Waals surface area (Å²) in [6, 6.07) is 0. The van der Waals surface area contributed by atoms with Gasteiger partial charge in [0.2, 0.25) is 0 Å². The topological polar surface area (TPSA) is 140 Å². The lowest BCUT2D eigenvalue weighted by Crippen LogP contribution is -2.29. The van der Waals surface area contributed by atoms with Crippen LogP contribution in [-0.4, -0.2) is 52.3 Å². The molecule has 0 aromatic heterocycles. The second kappa shape index (κ2) is 30.1. The highest BCUT2D eigenvalue weighted by Crippen LogP contribution is 2.35. The fourth-order valence-corrected chi connectivity index (χ4v) is 4.25. The van der Waals surface area contributed by atoms with Crippen LogP contribution in [0.2, 0.25) is 0 Å². The van der Waals surface area contributed by atoms with Crippen molar-refractivity contribution in [1.82, 2.24) is 0 Å². The second-order valence-electron chi connectivity index (χ2n) is 10.6. The van der Waals surface area contributed by atoms with Crippen molar-refractivity contribution in [2.24, 2.45) is 0 Å². The average Bonchev–Trinajstić information content (AvgIpc) is 3.00. The summed E-state index contributed by atoms with van der Waals surface area (Å²) in [5.74, 6) is -1.18. The van der Waals surface area contributed by atoms with E-state index < -0.39 is 38.6 Å². The molecule has 3 N–H and O–H groups in total. The third kappa shape index (κ3) is 32.6. The van der Waals surface area contributed by atoms with Crippen LogP contribution in [0.1, 0.15) is 110 Å². The van der Waals surface area contributed by atoms with Gasteiger partial charge in [-0.2, -0.15) is 0 Å². The molecule has 256 valence electrons. The smallest absolute Gasteiger partial charge is 0.462 e. The lowest BCUT2D eigenvalue weighted by Gasteiger charge is -2.18. The summed E-state index contributed by atoms with van der Waals surface area (Å²) in [7, 11) is -4.81. The zero-order valence-electron chi connectivity index (χ0n) is 27.3. The number of aliphatic hydroxyl groups excluding tert-OH is 1. The Labute approximate surface area is 271 Å². The number of allylic oxidation sites excluding steroid dienone is 11. The number of phosphoric ester groups is 1. The van der Waals surface area contributed by atoms with Gasteiger partial charge in [0.25, 0.3) is 0 Å². The van der Waals surface area contributed by atoms with Crippen molar-refractivity contribution in [3.05, 3.63) is 72.9 Å². The minimum atomic E-state index is -4.81. The van der Waals surface area contributed by atoms with Gasteiger partial charge in [0.1, 0.15) is 6.61 Å². The maximum atomic E-state index is 12.3. The Bertz CT molecular complexity index is 976. The van der Waals surface area contributed by atoms with E-state index in [0.717, 1.165) is 51.4 Å². The van der Waals surface area contributed by atoms with E-state index in [2.05, 4.69) is 67.0 Å². The van der Waals surface area contributed by atoms with Crippen molar-refractivity contribution in [1.29, 1.82) is 0 Å². The summed E-state index contributed by atoms with van der Waals surface area (Å²) in [5, 5.41) is 10.1. The van der Waals surface area contributed by atoms with Gasteiger partial charge in [0.05, 0.1) is 12.7 Å². The molecule has 0 fully saturated rings. The Kier molecular flexibility index (Phi) is 28.4. The Morgan fingerprint density at radius 1 is 0.689 bits per heavy atom. The molecule has 0 aliphatic carbocycles. The first-order chi connectivity index (χ1) is 21.7. The van der Waals surface area contributed by atoms with Crippen LogP contribution in [0.3, 0.4) is 0 Å². The predicted molar refractivity (Wildman–Crippen MR) is 180 cm³/mol. The third-order valence-corrected chi connectivity index (χ3v) is 6.84. The average molecular weight is 653 g/mol. The first-order valence-corrected chi connectivity index (χ1v) is 17.9. The van der Waals surface area contributed by atoms with E-state index in [1.807, 2.05) is 12.2 Å². The summed E-state index contributed by atoms with van der Waals surface area (Å²) >= 11 is 0. The Morgan fingerprint density at radius 3 is 1.82 bits per heavy atom. The minimum Gasteiger partial charge on any atom is -0.462 e. The molecule has 0 rings (SSSR count). The third-order valence-electron chi connectivity index (χ3n) is 6.36. The highest BCUT2D eigenvalue weighted by molar-refractivity contribution is 7.46. The molecule has 0 saturated carbocycles. The van der Waals surface area contributed by atoms with Gasteiger partial charge in [-0.1, -0.05) is 125 Å². The molecule has 0 radical (unpaired) electrons. The van der Waals surface area contributed by atoms with E-state index in [4.69, 9.17) is 19.3 Å². The number of ether oxygens (including phenoxy) is 2. The maximum absolute atomic E-state index is 12.3. The molecule has 2 atom stereocenters. The summed E-state index contributed by atoms with van der Waals surface area (Å²) in [6.07, 6.45) is 34.1. The molecular weight excluding hydrogens is 595 g/mol. The Hall–Kier alpha value is -2.55. The van der Waals surface area contributed by atoms with Crippen molar-refractivity contribution in [2.45, 2.75) is 122 Å². The van der Waals surface area contributed by atoms with E-state index in [1.165, 1.54) is 19.3 Å². The molecule has 1 unspecified atom stereocenters. The zero-order chi connectivity index (χ0) is 33.4. The van der Waals surface area contributed by atoms with Crippen molar-refractivity contribution < 1.29 is 43.0 Å². The van der Waals surface area contributed by atoms with Gasteiger partial charge >= 0.3 is 19.8 Å². The number of rotatable bonds is 28. The number of carbonyl (C=O) groups excluding carboxylic acids is 2. The van der Waals surface area contributed by atoms with Crippen molar-refractivity contribution >= 4 is 19.8 Å². The lowest BCUT2D eigenvalue weighted by molar-refractivity contribution is -0.161. The van der Waals surface area contributed by atoms with Crippen LogP contribution in [0.25, 0.3) is 0 Å². The number of esters is 2. The van der Waals surface area contributed by atoms with Crippen molar-refractivity contribution in [3.8, 4) is 0 Å². The number of aliphatic hydroxyl groups is 1. The number of unbranched alkanes of at least 4 members (excludes halogenated alkanes) is 6. The van der Waals surface area contributed by atoms with E-state index in [0.29, 0.717) is 6.42 Å². The molecule has 0 aliphatic rings. The molecular formula is C35H57O9P. The van der Waals surface area contributed by atoms with Crippen LogP contribution in [0.15, 0.2) is 72.9 Å². The quantitative estimate of drug-likeness (QED) is 0.0251. The molecule has 10 heteroatoms. The Morgan fingerprint density at radius 2 is 1.24 bits per heavy atom. The molecule has 9 nitrogen and oxygen atoms in total. The number of phosphoric acid groups is 1. The van der Waals surface area contributed by atoms with E-state index in [9.17, 15) is 19.3 Å². The molecule has 0 saturated heterocycles. The lowest BCUT2D eigenvalue weighted by atomic mass is 10.1. The fraction of sp³-hybridized carbons (Fsp3) is 0.600. The molecule has 0 heterocycles. The van der Waals surface area contributed by atoms with Gasteiger partial charge in [0, 0.05) is 12.8 Å². The van der Waals surface area contributed by atoms with E-state index >= 15 is 0 Å². The van der Waals surface area contributed by atoms with Crippen molar-refractivity contribution in [2.75, 3.05) is 13.2 Å². The van der Waals surface area contributed by atoms with Gasteiger partial charge in [0.15, 0.2) is 6.10 Å². The largest absolute Gasteiger partial charge is 0.469 e. The molecule has 0 amide bonds. The SMILES string of the molecule is CC/C=C\C/C=C\C/C=C\C/C=C\C/C=C\C=C/C(O)CCC(=O)O[C@H](COC(=O)CCCCCCCCC)COP(=O)(O)O. The van der Waals surface area contributed by atoms with Gasteiger partial charge in [-0.3, -0.25) is 14.1 Å². The number of hydrogen-bond donors (Lipinski definition) is 3. The summed E-state index contributed by atoms with van der Waals surface area (Å²) < 4.78 is 25.9. The van der Waals surface area contributed by atoms with Crippen LogP contribution in [-0.2, 0) is 28.2 Å². The highest BCUT2D eigenvalue weighted by atomic mass is 31.2. The van der Waals surface area contributed by atoms with E-state index in [-0.39, 0.29) is 25.9 Å². The molecule has 0 aliphatic heterocycles. The first-order valence-electron chi connectivity index (χ1n) is 16.3. The summed E-state index contributed by atoms with van der Waals surface area (Å²) in [5.41, 5.74) is 0. The van der Waals surface area contributed by atoms with Gasteiger partial charge in [-0.05, 0) is 44.9 Å². The van der Waals surface area contributed by atoms with Gasteiger partial charge < -0.3 is 24.4 Å². The summed E-state index contributed by atoms with van der Waals surface area (Å²) in [4.78, 5) is 42.3.